The standard InChI is InChI=1S/C18H17N7/c1-12-7-15(9-19)22-23-18(12)25-6-4-16-14(11-25)8-13(10-20-16)17-3-5-21-24(17)2/h3,5,7-8,10H,4,6,11H2,1-2H3. The normalized spacial score (nSPS) is 13.4. The van der Waals surface area contributed by atoms with E-state index in [1.165, 1.54) is 5.56 Å². The van der Waals surface area contributed by atoms with Gasteiger partial charge in [0.1, 0.15) is 6.07 Å². The van der Waals surface area contributed by atoms with Gasteiger partial charge in [-0.05, 0) is 36.2 Å². The molecule has 0 aliphatic carbocycles. The maximum absolute atomic E-state index is 8.96. The van der Waals surface area contributed by atoms with Crippen molar-refractivity contribution in [2.24, 2.45) is 7.05 Å². The van der Waals surface area contributed by atoms with Crippen LogP contribution in [-0.4, -0.2) is 31.5 Å². The molecule has 7 nitrogen and oxygen atoms in total. The van der Waals surface area contributed by atoms with Crippen molar-refractivity contribution in [1.29, 1.82) is 5.26 Å². The summed E-state index contributed by atoms with van der Waals surface area (Å²) in [5, 5.41) is 21.4. The number of rotatable bonds is 2. The summed E-state index contributed by atoms with van der Waals surface area (Å²) >= 11 is 0. The van der Waals surface area contributed by atoms with Crippen molar-refractivity contribution in [3.05, 3.63) is 53.1 Å². The lowest BCUT2D eigenvalue weighted by molar-refractivity contribution is 0.692. The zero-order valence-corrected chi connectivity index (χ0v) is 14.1. The largest absolute Gasteiger partial charge is 0.350 e. The fourth-order valence-corrected chi connectivity index (χ4v) is 3.25. The number of hydrogen-bond acceptors (Lipinski definition) is 6. The van der Waals surface area contributed by atoms with Gasteiger partial charge in [0, 0.05) is 50.2 Å². The molecule has 3 aromatic rings. The van der Waals surface area contributed by atoms with Gasteiger partial charge in [-0.25, -0.2) is 0 Å². The molecule has 3 aromatic heterocycles. The number of hydrogen-bond donors (Lipinski definition) is 0. The maximum atomic E-state index is 8.96. The molecule has 0 bridgehead atoms. The summed E-state index contributed by atoms with van der Waals surface area (Å²) in [5.41, 5.74) is 5.73. The van der Waals surface area contributed by atoms with Crippen molar-refractivity contribution in [3.63, 3.8) is 0 Å². The lowest BCUT2D eigenvalue weighted by Gasteiger charge is -2.30. The SMILES string of the molecule is Cc1cc(C#N)nnc1N1CCc2ncc(-c3ccnn3C)cc2C1. The molecule has 0 aromatic carbocycles. The van der Waals surface area contributed by atoms with Gasteiger partial charge < -0.3 is 4.90 Å². The van der Waals surface area contributed by atoms with Crippen LogP contribution in [0.2, 0.25) is 0 Å². The van der Waals surface area contributed by atoms with Crippen molar-refractivity contribution in [2.45, 2.75) is 19.9 Å². The molecule has 0 atom stereocenters. The van der Waals surface area contributed by atoms with Gasteiger partial charge in [-0.3, -0.25) is 9.67 Å². The van der Waals surface area contributed by atoms with Crippen LogP contribution in [0.3, 0.4) is 0 Å². The third-order valence-corrected chi connectivity index (χ3v) is 4.53. The first kappa shape index (κ1) is 15.3. The number of fused-ring (bicyclic) bond motifs is 1. The van der Waals surface area contributed by atoms with Crippen LogP contribution < -0.4 is 4.90 Å². The fraction of sp³-hybridized carbons (Fsp3) is 0.278. The number of anilines is 1. The molecular weight excluding hydrogens is 314 g/mol. The second-order valence-corrected chi connectivity index (χ2v) is 6.19. The molecule has 0 fully saturated rings. The molecule has 124 valence electrons. The van der Waals surface area contributed by atoms with Crippen molar-refractivity contribution < 1.29 is 0 Å². The summed E-state index contributed by atoms with van der Waals surface area (Å²) in [6, 6.07) is 7.98. The van der Waals surface area contributed by atoms with Crippen LogP contribution >= 0.6 is 0 Å². The van der Waals surface area contributed by atoms with Crippen LogP contribution in [0.1, 0.15) is 22.5 Å². The third kappa shape index (κ3) is 2.72. The Hall–Kier alpha value is -3.27. The van der Waals surface area contributed by atoms with Crippen LogP contribution in [-0.2, 0) is 20.0 Å². The van der Waals surface area contributed by atoms with Crippen molar-refractivity contribution >= 4 is 5.82 Å². The maximum Gasteiger partial charge on any atom is 0.163 e. The summed E-state index contributed by atoms with van der Waals surface area (Å²) in [5.74, 6) is 0.829. The van der Waals surface area contributed by atoms with Gasteiger partial charge in [-0.1, -0.05) is 0 Å². The minimum absolute atomic E-state index is 0.346. The Morgan fingerprint density at radius 2 is 2.12 bits per heavy atom. The average Bonchev–Trinajstić information content (AvgIpc) is 3.06. The van der Waals surface area contributed by atoms with E-state index in [2.05, 4.69) is 31.2 Å². The van der Waals surface area contributed by atoms with Gasteiger partial charge in [0.15, 0.2) is 11.5 Å². The van der Waals surface area contributed by atoms with Crippen molar-refractivity contribution in [3.8, 4) is 17.3 Å². The molecule has 1 aliphatic heterocycles. The van der Waals surface area contributed by atoms with E-state index in [9.17, 15) is 0 Å². The van der Waals surface area contributed by atoms with Gasteiger partial charge in [0.05, 0.1) is 5.69 Å². The van der Waals surface area contributed by atoms with Gasteiger partial charge in [-0.15, -0.1) is 10.2 Å². The second kappa shape index (κ2) is 5.98. The molecule has 0 spiro atoms. The highest BCUT2D eigenvalue weighted by molar-refractivity contribution is 5.60. The lowest BCUT2D eigenvalue weighted by Crippen LogP contribution is -2.32. The second-order valence-electron chi connectivity index (χ2n) is 6.19. The number of aryl methyl sites for hydroxylation is 2. The quantitative estimate of drug-likeness (QED) is 0.714. The Morgan fingerprint density at radius 3 is 2.84 bits per heavy atom. The van der Waals surface area contributed by atoms with E-state index in [-0.39, 0.29) is 0 Å². The average molecular weight is 331 g/mol. The molecule has 4 rings (SSSR count). The van der Waals surface area contributed by atoms with Crippen molar-refractivity contribution in [1.82, 2.24) is 25.0 Å². The summed E-state index contributed by atoms with van der Waals surface area (Å²) in [6.07, 6.45) is 4.57. The molecule has 0 unspecified atom stereocenters. The summed E-state index contributed by atoms with van der Waals surface area (Å²) in [6.45, 7) is 3.53. The zero-order chi connectivity index (χ0) is 17.4. The first-order valence-corrected chi connectivity index (χ1v) is 8.11. The Labute approximate surface area is 145 Å². The van der Waals surface area contributed by atoms with E-state index in [1.54, 1.807) is 12.3 Å². The lowest BCUT2D eigenvalue weighted by atomic mass is 10.0. The topological polar surface area (TPSA) is 83.5 Å². The molecule has 0 amide bonds. The highest BCUT2D eigenvalue weighted by atomic mass is 15.3. The molecule has 0 radical (unpaired) electrons. The molecule has 0 N–H and O–H groups in total. The van der Waals surface area contributed by atoms with E-state index in [0.29, 0.717) is 5.69 Å². The number of aromatic nitrogens is 5. The zero-order valence-electron chi connectivity index (χ0n) is 14.1. The van der Waals surface area contributed by atoms with Gasteiger partial charge in [0.2, 0.25) is 0 Å². The van der Waals surface area contributed by atoms with Gasteiger partial charge >= 0.3 is 0 Å². The highest BCUT2D eigenvalue weighted by Crippen LogP contribution is 2.27. The highest BCUT2D eigenvalue weighted by Gasteiger charge is 2.21. The third-order valence-electron chi connectivity index (χ3n) is 4.53. The predicted octanol–water partition coefficient (Wildman–Crippen LogP) is 2.01. The first-order chi connectivity index (χ1) is 12.2. The fourth-order valence-electron chi connectivity index (χ4n) is 3.25. The molecule has 0 saturated carbocycles. The number of nitrogens with zero attached hydrogens (tertiary/aromatic N) is 7. The minimum atomic E-state index is 0.346. The molecular formula is C18H17N7. The van der Waals surface area contributed by atoms with E-state index >= 15 is 0 Å². The number of nitriles is 1. The molecule has 7 heteroatoms. The number of pyridine rings is 1. The van der Waals surface area contributed by atoms with Gasteiger partial charge in [0.25, 0.3) is 0 Å². The first-order valence-electron chi connectivity index (χ1n) is 8.11. The smallest absolute Gasteiger partial charge is 0.163 e. The monoisotopic (exact) mass is 331 g/mol. The van der Waals surface area contributed by atoms with Crippen LogP contribution in [0.5, 0.6) is 0 Å². The van der Waals surface area contributed by atoms with Gasteiger partial charge in [-0.2, -0.15) is 10.4 Å². The summed E-state index contributed by atoms with van der Waals surface area (Å²) in [7, 11) is 1.93. The summed E-state index contributed by atoms with van der Waals surface area (Å²) in [4.78, 5) is 6.84. The van der Waals surface area contributed by atoms with Crippen LogP contribution in [0.15, 0.2) is 30.6 Å². The van der Waals surface area contributed by atoms with Crippen LogP contribution in [0, 0.1) is 18.3 Å². The van der Waals surface area contributed by atoms with E-state index in [4.69, 9.17) is 5.26 Å². The molecule has 1 aliphatic rings. The van der Waals surface area contributed by atoms with Crippen LogP contribution in [0.25, 0.3) is 11.3 Å². The molecule has 0 saturated heterocycles. The predicted molar refractivity (Wildman–Crippen MR) is 92.7 cm³/mol. The van der Waals surface area contributed by atoms with E-state index in [0.717, 1.165) is 47.8 Å². The Balaban J connectivity index is 1.67. The van der Waals surface area contributed by atoms with E-state index < -0.39 is 0 Å². The molecule has 25 heavy (non-hydrogen) atoms. The van der Waals surface area contributed by atoms with E-state index in [1.807, 2.05) is 37.0 Å². The van der Waals surface area contributed by atoms with Crippen molar-refractivity contribution in [2.75, 3.05) is 11.4 Å². The Kier molecular flexibility index (Phi) is 3.65. The van der Waals surface area contributed by atoms with Crippen LogP contribution in [0.4, 0.5) is 5.82 Å². The Morgan fingerprint density at radius 1 is 1.24 bits per heavy atom. The minimum Gasteiger partial charge on any atom is -0.350 e. The molecule has 4 heterocycles. The summed E-state index contributed by atoms with van der Waals surface area (Å²) < 4.78 is 1.85. The Bertz CT molecular complexity index is 983.